The van der Waals surface area contributed by atoms with Gasteiger partial charge >= 0.3 is 0 Å². The van der Waals surface area contributed by atoms with Gasteiger partial charge in [0.15, 0.2) is 11.6 Å². The molecule has 0 spiro atoms. The Morgan fingerprint density at radius 3 is 2.00 bits per heavy atom. The molecule has 0 saturated carbocycles. The van der Waals surface area contributed by atoms with E-state index in [1.807, 2.05) is 0 Å². The Labute approximate surface area is 139 Å². The standard InChI is InChI=1S/C14H7N3O7S/c15-17-16-9-7-8(12(20)14(13(9)21)25(22,23)24)11(19)6-4-2-1-3-5(6)10(7)18/h1-4,20-21H,(H,22,23,24)/p-1. The predicted molar refractivity (Wildman–Crippen MR) is 79.8 cm³/mol. The summed E-state index contributed by atoms with van der Waals surface area (Å²) in [5.41, 5.74) is 5.97. The van der Waals surface area contributed by atoms with Gasteiger partial charge in [0.05, 0.1) is 16.8 Å². The number of carbonyl (C=O) groups excluding carboxylic acids is 2. The molecular formula is C14H6N3O7S-. The molecular weight excluding hydrogens is 354 g/mol. The van der Waals surface area contributed by atoms with Crippen molar-refractivity contribution in [2.45, 2.75) is 4.90 Å². The number of phenols is 2. The summed E-state index contributed by atoms with van der Waals surface area (Å²) in [5.74, 6) is -4.60. The lowest BCUT2D eigenvalue weighted by Crippen LogP contribution is -2.22. The van der Waals surface area contributed by atoms with E-state index in [4.69, 9.17) is 5.53 Å². The highest BCUT2D eigenvalue weighted by atomic mass is 32.2. The van der Waals surface area contributed by atoms with Crippen molar-refractivity contribution in [2.75, 3.05) is 0 Å². The van der Waals surface area contributed by atoms with Crippen LogP contribution >= 0.6 is 0 Å². The first kappa shape index (κ1) is 16.5. The van der Waals surface area contributed by atoms with Crippen LogP contribution in [-0.4, -0.2) is 34.8 Å². The maximum Gasteiger partial charge on any atom is 0.198 e. The molecule has 0 aromatic heterocycles. The van der Waals surface area contributed by atoms with E-state index < -0.39 is 54.9 Å². The van der Waals surface area contributed by atoms with Crippen LogP contribution in [0.15, 0.2) is 34.3 Å². The van der Waals surface area contributed by atoms with Gasteiger partial charge in [-0.3, -0.25) is 9.59 Å². The summed E-state index contributed by atoms with van der Waals surface area (Å²) in [7, 11) is -5.45. The maximum atomic E-state index is 12.6. The second kappa shape index (κ2) is 5.31. The van der Waals surface area contributed by atoms with Gasteiger partial charge in [0.2, 0.25) is 0 Å². The fraction of sp³-hybridized carbons (Fsp3) is 0. The van der Waals surface area contributed by atoms with Crippen LogP contribution in [0.3, 0.4) is 0 Å². The molecule has 10 nitrogen and oxygen atoms in total. The summed E-state index contributed by atoms with van der Waals surface area (Å²) in [5, 5.41) is 23.1. The topological polar surface area (TPSA) is 181 Å². The molecule has 0 bridgehead atoms. The number of hydrogen-bond acceptors (Lipinski definition) is 8. The van der Waals surface area contributed by atoms with E-state index in [2.05, 4.69) is 10.0 Å². The Bertz CT molecular complexity index is 1130. The van der Waals surface area contributed by atoms with Crippen LogP contribution in [0.4, 0.5) is 5.69 Å². The molecule has 0 fully saturated rings. The number of carbonyl (C=O) groups is 2. The van der Waals surface area contributed by atoms with Gasteiger partial charge in [-0.2, -0.15) is 0 Å². The largest absolute Gasteiger partial charge is 0.744 e. The normalized spacial score (nSPS) is 13.0. The molecule has 25 heavy (non-hydrogen) atoms. The number of hydrogen-bond donors (Lipinski definition) is 2. The van der Waals surface area contributed by atoms with Gasteiger partial charge in [-0.1, -0.05) is 29.4 Å². The fourth-order valence-electron chi connectivity index (χ4n) is 2.66. The van der Waals surface area contributed by atoms with Crippen LogP contribution in [0.25, 0.3) is 10.4 Å². The summed E-state index contributed by atoms with van der Waals surface area (Å²) < 4.78 is 34.0. The first-order valence-electron chi connectivity index (χ1n) is 6.51. The van der Waals surface area contributed by atoms with Crippen LogP contribution in [-0.2, 0) is 10.1 Å². The van der Waals surface area contributed by atoms with Crippen molar-refractivity contribution in [1.82, 2.24) is 0 Å². The number of ketones is 2. The van der Waals surface area contributed by atoms with Crippen molar-refractivity contribution in [1.29, 1.82) is 0 Å². The first-order valence-corrected chi connectivity index (χ1v) is 7.92. The molecule has 0 aliphatic heterocycles. The highest BCUT2D eigenvalue weighted by Gasteiger charge is 2.38. The number of rotatable bonds is 2. The van der Waals surface area contributed by atoms with Crippen molar-refractivity contribution >= 4 is 27.4 Å². The third-order valence-corrected chi connectivity index (χ3v) is 4.53. The minimum absolute atomic E-state index is 0.0917. The van der Waals surface area contributed by atoms with E-state index in [0.717, 1.165) is 0 Å². The van der Waals surface area contributed by atoms with E-state index >= 15 is 0 Å². The van der Waals surface area contributed by atoms with Crippen molar-refractivity contribution in [3.8, 4) is 11.5 Å². The van der Waals surface area contributed by atoms with Gasteiger partial charge in [0, 0.05) is 16.0 Å². The van der Waals surface area contributed by atoms with E-state index in [1.54, 1.807) is 0 Å². The summed E-state index contributed by atoms with van der Waals surface area (Å²) in [6, 6.07) is 5.46. The lowest BCUT2D eigenvalue weighted by atomic mass is 9.82. The molecule has 126 valence electrons. The van der Waals surface area contributed by atoms with E-state index in [0.29, 0.717) is 0 Å². The van der Waals surface area contributed by atoms with Gasteiger partial charge in [-0.25, -0.2) is 8.42 Å². The Kier molecular flexibility index (Phi) is 3.50. The Hall–Kier alpha value is -3.40. The van der Waals surface area contributed by atoms with Crippen LogP contribution in [0.1, 0.15) is 31.8 Å². The zero-order chi connectivity index (χ0) is 18.5. The Morgan fingerprint density at radius 2 is 1.52 bits per heavy atom. The second-order valence-electron chi connectivity index (χ2n) is 4.97. The Morgan fingerprint density at radius 1 is 1.00 bits per heavy atom. The van der Waals surface area contributed by atoms with Crippen LogP contribution in [0.5, 0.6) is 11.5 Å². The van der Waals surface area contributed by atoms with Crippen molar-refractivity contribution in [2.24, 2.45) is 5.11 Å². The van der Waals surface area contributed by atoms with Crippen molar-refractivity contribution in [3.05, 3.63) is 57.0 Å². The van der Waals surface area contributed by atoms with Gasteiger partial charge < -0.3 is 14.8 Å². The number of phenolic OH excluding ortho intramolecular Hbond substituents is 2. The average Bonchev–Trinajstić information content (AvgIpc) is 2.54. The average molecular weight is 360 g/mol. The van der Waals surface area contributed by atoms with Crippen LogP contribution < -0.4 is 0 Å². The minimum Gasteiger partial charge on any atom is -0.744 e. The third kappa shape index (κ3) is 2.22. The highest BCUT2D eigenvalue weighted by Crippen LogP contribution is 2.48. The fourth-order valence-corrected chi connectivity index (χ4v) is 3.33. The quantitative estimate of drug-likeness (QED) is 0.302. The molecule has 2 aromatic rings. The smallest absolute Gasteiger partial charge is 0.198 e. The zero-order valence-electron chi connectivity index (χ0n) is 12.0. The Balaban J connectivity index is 2.57. The molecule has 0 atom stereocenters. The molecule has 3 rings (SSSR count). The number of nitrogens with zero attached hydrogens (tertiary/aromatic N) is 3. The molecule has 0 unspecified atom stereocenters. The summed E-state index contributed by atoms with van der Waals surface area (Å²) in [6.45, 7) is 0. The van der Waals surface area contributed by atoms with Crippen molar-refractivity contribution < 1.29 is 32.8 Å². The molecule has 1 aliphatic rings. The lowest BCUT2D eigenvalue weighted by Gasteiger charge is -2.23. The second-order valence-corrected chi connectivity index (χ2v) is 6.29. The van der Waals surface area contributed by atoms with E-state index in [9.17, 15) is 32.8 Å². The molecule has 0 amide bonds. The number of aromatic hydroxyl groups is 2. The van der Waals surface area contributed by atoms with Crippen LogP contribution in [0.2, 0.25) is 0 Å². The lowest BCUT2D eigenvalue weighted by molar-refractivity contribution is 0.0976. The SMILES string of the molecule is [N-]=[N+]=Nc1c(O)c(S(=O)(=O)[O-])c(O)c2c1C(=O)c1ccccc1C2=O. The van der Waals surface area contributed by atoms with Gasteiger partial charge in [0.25, 0.3) is 0 Å². The monoisotopic (exact) mass is 360 g/mol. The summed E-state index contributed by atoms with van der Waals surface area (Å²) >= 11 is 0. The van der Waals surface area contributed by atoms with E-state index in [1.165, 1.54) is 24.3 Å². The van der Waals surface area contributed by atoms with Crippen LogP contribution in [0, 0.1) is 0 Å². The number of benzene rings is 2. The number of azide groups is 1. The molecule has 2 aromatic carbocycles. The molecule has 11 heteroatoms. The molecule has 0 heterocycles. The first-order chi connectivity index (χ1) is 11.7. The molecule has 1 aliphatic carbocycles. The van der Waals surface area contributed by atoms with E-state index in [-0.39, 0.29) is 11.1 Å². The summed E-state index contributed by atoms with van der Waals surface area (Å²) in [6.07, 6.45) is 0. The molecule has 0 radical (unpaired) electrons. The zero-order valence-corrected chi connectivity index (χ0v) is 12.8. The van der Waals surface area contributed by atoms with Gasteiger partial charge in [-0.15, -0.1) is 0 Å². The third-order valence-electron chi connectivity index (χ3n) is 3.64. The van der Waals surface area contributed by atoms with Gasteiger partial charge in [-0.05, 0) is 5.53 Å². The molecule has 0 saturated heterocycles. The maximum absolute atomic E-state index is 12.6. The summed E-state index contributed by atoms with van der Waals surface area (Å²) in [4.78, 5) is 26.1. The highest BCUT2D eigenvalue weighted by molar-refractivity contribution is 7.86. The minimum atomic E-state index is -5.45. The number of fused-ring (bicyclic) bond motifs is 2. The molecule has 2 N–H and O–H groups in total. The van der Waals surface area contributed by atoms with Gasteiger partial charge in [0.1, 0.15) is 26.5 Å². The van der Waals surface area contributed by atoms with Crippen molar-refractivity contribution in [3.63, 3.8) is 0 Å². The predicted octanol–water partition coefficient (Wildman–Crippen LogP) is 1.72.